The Morgan fingerprint density at radius 2 is 2.04 bits per heavy atom. The van der Waals surface area contributed by atoms with Crippen molar-refractivity contribution in [1.29, 1.82) is 0 Å². The summed E-state index contributed by atoms with van der Waals surface area (Å²) in [5.74, 6) is 0.512. The van der Waals surface area contributed by atoms with Crippen LogP contribution in [0.25, 0.3) is 10.9 Å². The molecule has 3 aromatic rings. The van der Waals surface area contributed by atoms with Gasteiger partial charge in [-0.3, -0.25) is 4.79 Å². The van der Waals surface area contributed by atoms with E-state index in [9.17, 15) is 4.79 Å². The van der Waals surface area contributed by atoms with Crippen LogP contribution in [0.3, 0.4) is 0 Å². The monoisotopic (exact) mass is 373 g/mol. The summed E-state index contributed by atoms with van der Waals surface area (Å²) in [5.41, 5.74) is 3.07. The quantitative estimate of drug-likeness (QED) is 0.757. The van der Waals surface area contributed by atoms with Crippen molar-refractivity contribution in [1.82, 2.24) is 9.78 Å². The first kappa shape index (κ1) is 15.6. The van der Waals surface area contributed by atoms with E-state index in [1.54, 1.807) is 23.9 Å². The van der Waals surface area contributed by atoms with E-state index in [2.05, 4.69) is 26.3 Å². The molecular weight excluding hydrogens is 358 g/mol. The number of carbonyl (C=O) groups is 1. The summed E-state index contributed by atoms with van der Waals surface area (Å²) in [6.45, 7) is 1.95. The van der Waals surface area contributed by atoms with Crippen LogP contribution in [0, 0.1) is 6.92 Å². The van der Waals surface area contributed by atoms with Crippen LogP contribution in [0.15, 0.2) is 40.9 Å². The molecule has 0 unspecified atom stereocenters. The molecule has 23 heavy (non-hydrogen) atoms. The molecule has 0 aliphatic carbocycles. The van der Waals surface area contributed by atoms with Crippen molar-refractivity contribution in [3.63, 3.8) is 0 Å². The maximum absolute atomic E-state index is 12.5. The third-order valence-corrected chi connectivity index (χ3v) is 4.17. The Morgan fingerprint density at radius 3 is 2.74 bits per heavy atom. The zero-order valence-electron chi connectivity index (χ0n) is 13.1. The van der Waals surface area contributed by atoms with Gasteiger partial charge in [0, 0.05) is 22.8 Å². The number of ether oxygens (including phenoxy) is 1. The van der Waals surface area contributed by atoms with Gasteiger partial charge in [-0.05, 0) is 48.9 Å². The summed E-state index contributed by atoms with van der Waals surface area (Å²) in [6.07, 6.45) is 0. The molecule has 0 saturated heterocycles. The molecule has 3 rings (SSSR count). The van der Waals surface area contributed by atoms with Crippen molar-refractivity contribution in [2.45, 2.75) is 6.92 Å². The molecule has 0 fully saturated rings. The van der Waals surface area contributed by atoms with Gasteiger partial charge in [-0.2, -0.15) is 5.10 Å². The minimum atomic E-state index is -0.165. The molecule has 0 atom stereocenters. The highest BCUT2D eigenvalue weighted by atomic mass is 79.9. The number of hydrogen-bond acceptors (Lipinski definition) is 3. The van der Waals surface area contributed by atoms with Gasteiger partial charge in [0.1, 0.15) is 0 Å². The average Bonchev–Trinajstić information content (AvgIpc) is 2.84. The first-order valence-corrected chi connectivity index (χ1v) is 7.87. The lowest BCUT2D eigenvalue weighted by atomic mass is 10.1. The number of aromatic nitrogens is 2. The number of methoxy groups -OCH3 is 1. The number of nitrogens with one attached hydrogen (secondary N) is 1. The summed E-state index contributed by atoms with van der Waals surface area (Å²) in [6, 6.07) is 11.1. The Balaban J connectivity index is 1.92. The number of rotatable bonds is 3. The molecular formula is C17H16BrN3O2. The van der Waals surface area contributed by atoms with Crippen LogP contribution in [-0.2, 0) is 7.05 Å². The predicted octanol–water partition coefficient (Wildman–Crippen LogP) is 3.91. The van der Waals surface area contributed by atoms with Crippen LogP contribution in [0.5, 0.6) is 5.88 Å². The molecule has 1 aromatic heterocycles. The van der Waals surface area contributed by atoms with Crippen molar-refractivity contribution in [3.05, 3.63) is 52.0 Å². The lowest BCUT2D eigenvalue weighted by molar-refractivity contribution is 0.102. The molecule has 6 heteroatoms. The second kappa shape index (κ2) is 6.04. The highest BCUT2D eigenvalue weighted by molar-refractivity contribution is 9.10. The SMILES string of the molecule is COc1c2ccc(C(=O)Nc3ccc(Br)cc3C)cc2nn1C. The van der Waals surface area contributed by atoms with E-state index in [-0.39, 0.29) is 5.91 Å². The molecule has 0 spiro atoms. The second-order valence-electron chi connectivity index (χ2n) is 5.28. The number of aryl methyl sites for hydroxylation is 2. The van der Waals surface area contributed by atoms with E-state index >= 15 is 0 Å². The van der Waals surface area contributed by atoms with Crippen LogP contribution in [-0.4, -0.2) is 22.8 Å². The van der Waals surface area contributed by atoms with Gasteiger partial charge in [-0.15, -0.1) is 0 Å². The Bertz CT molecular complexity index is 902. The first-order valence-electron chi connectivity index (χ1n) is 7.08. The van der Waals surface area contributed by atoms with Crippen molar-refractivity contribution in [3.8, 4) is 5.88 Å². The van der Waals surface area contributed by atoms with Gasteiger partial charge in [0.05, 0.1) is 18.0 Å². The van der Waals surface area contributed by atoms with Crippen molar-refractivity contribution in [2.75, 3.05) is 12.4 Å². The first-order chi connectivity index (χ1) is 11.0. The number of fused-ring (bicyclic) bond motifs is 1. The Morgan fingerprint density at radius 1 is 1.26 bits per heavy atom. The zero-order chi connectivity index (χ0) is 16.6. The topological polar surface area (TPSA) is 56.1 Å². The molecule has 1 N–H and O–H groups in total. The number of halogens is 1. The molecule has 0 saturated carbocycles. The number of anilines is 1. The second-order valence-corrected chi connectivity index (χ2v) is 6.19. The van der Waals surface area contributed by atoms with Gasteiger partial charge >= 0.3 is 0 Å². The number of amides is 1. The molecule has 0 bridgehead atoms. The van der Waals surface area contributed by atoms with Crippen molar-refractivity contribution >= 4 is 38.4 Å². The normalized spacial score (nSPS) is 10.8. The lowest BCUT2D eigenvalue weighted by Crippen LogP contribution is -2.12. The third-order valence-electron chi connectivity index (χ3n) is 3.67. The highest BCUT2D eigenvalue weighted by Gasteiger charge is 2.13. The fourth-order valence-electron chi connectivity index (χ4n) is 2.52. The van der Waals surface area contributed by atoms with Crippen LogP contribution in [0.2, 0.25) is 0 Å². The molecule has 118 valence electrons. The summed E-state index contributed by atoms with van der Waals surface area (Å²) in [5, 5.41) is 8.18. The van der Waals surface area contributed by atoms with Crippen LogP contribution in [0.4, 0.5) is 5.69 Å². The standard InChI is InChI=1S/C17H16BrN3O2/c1-10-8-12(18)5-7-14(10)19-16(22)11-4-6-13-15(9-11)20-21(2)17(13)23-3/h4-9H,1-3H3,(H,19,22). The molecule has 1 heterocycles. The number of carbonyl (C=O) groups excluding carboxylic acids is 1. The fraction of sp³-hybridized carbons (Fsp3) is 0.176. The molecule has 0 aliphatic rings. The van der Waals surface area contributed by atoms with Crippen molar-refractivity contribution < 1.29 is 9.53 Å². The molecule has 0 aliphatic heterocycles. The molecule has 2 aromatic carbocycles. The largest absolute Gasteiger partial charge is 0.481 e. The summed E-state index contributed by atoms with van der Waals surface area (Å²) >= 11 is 3.42. The van der Waals surface area contributed by atoms with Gasteiger partial charge in [0.2, 0.25) is 5.88 Å². The van der Waals surface area contributed by atoms with Gasteiger partial charge in [-0.25, -0.2) is 4.68 Å². The highest BCUT2D eigenvalue weighted by Crippen LogP contribution is 2.26. The summed E-state index contributed by atoms with van der Waals surface area (Å²) < 4.78 is 7.96. The van der Waals surface area contributed by atoms with Gasteiger partial charge in [-0.1, -0.05) is 15.9 Å². The number of nitrogens with zero attached hydrogens (tertiary/aromatic N) is 2. The lowest BCUT2D eigenvalue weighted by Gasteiger charge is -2.09. The molecule has 1 amide bonds. The maximum atomic E-state index is 12.5. The maximum Gasteiger partial charge on any atom is 0.255 e. The van der Waals surface area contributed by atoms with Crippen LogP contribution >= 0.6 is 15.9 Å². The Hall–Kier alpha value is -2.34. The van der Waals surface area contributed by atoms with Gasteiger partial charge in [0.25, 0.3) is 5.91 Å². The van der Waals surface area contributed by atoms with Crippen LogP contribution in [0.1, 0.15) is 15.9 Å². The smallest absolute Gasteiger partial charge is 0.255 e. The molecule has 5 nitrogen and oxygen atoms in total. The minimum Gasteiger partial charge on any atom is -0.481 e. The average molecular weight is 374 g/mol. The van der Waals surface area contributed by atoms with E-state index < -0.39 is 0 Å². The van der Waals surface area contributed by atoms with E-state index in [0.29, 0.717) is 11.4 Å². The number of hydrogen-bond donors (Lipinski definition) is 1. The Kier molecular flexibility index (Phi) is 4.09. The van der Waals surface area contributed by atoms with Gasteiger partial charge in [0.15, 0.2) is 0 Å². The number of benzene rings is 2. The van der Waals surface area contributed by atoms with Crippen molar-refractivity contribution in [2.24, 2.45) is 7.05 Å². The minimum absolute atomic E-state index is 0.165. The van der Waals surface area contributed by atoms with E-state index in [4.69, 9.17) is 4.74 Å². The van der Waals surface area contributed by atoms with E-state index in [1.165, 1.54) is 0 Å². The van der Waals surface area contributed by atoms with Gasteiger partial charge < -0.3 is 10.1 Å². The van der Waals surface area contributed by atoms with Crippen LogP contribution < -0.4 is 10.1 Å². The molecule has 0 radical (unpaired) electrons. The zero-order valence-corrected chi connectivity index (χ0v) is 14.6. The summed E-state index contributed by atoms with van der Waals surface area (Å²) in [4.78, 5) is 12.5. The summed E-state index contributed by atoms with van der Waals surface area (Å²) in [7, 11) is 3.41. The third kappa shape index (κ3) is 2.94. The van der Waals surface area contributed by atoms with E-state index in [1.807, 2.05) is 38.2 Å². The Labute approximate surface area is 142 Å². The fourth-order valence-corrected chi connectivity index (χ4v) is 3.00. The predicted molar refractivity (Wildman–Crippen MR) is 94.1 cm³/mol. The van der Waals surface area contributed by atoms with E-state index in [0.717, 1.165) is 26.6 Å².